The van der Waals surface area contributed by atoms with Gasteiger partial charge in [0, 0.05) is 13.0 Å². The molecule has 0 fully saturated rings. The minimum Gasteiger partial charge on any atom is -0.756 e. The summed E-state index contributed by atoms with van der Waals surface area (Å²) in [5.74, 6) is -0.386. The van der Waals surface area contributed by atoms with Crippen LogP contribution >= 0.6 is 7.82 Å². The molecule has 0 aliphatic carbocycles. The quantitative estimate of drug-likeness (QED) is 0.0198. The van der Waals surface area contributed by atoms with Crippen LogP contribution in [0.4, 0.5) is 0 Å². The lowest BCUT2D eigenvalue weighted by Gasteiger charge is -2.28. The number of hydrogen-bond acceptors (Lipinski definition) is 7. The summed E-state index contributed by atoms with van der Waals surface area (Å²) in [6, 6.07) is 0. The van der Waals surface area contributed by atoms with Crippen LogP contribution < -0.4 is 4.89 Å². The molecule has 0 aromatic rings. The van der Waals surface area contributed by atoms with E-state index >= 15 is 0 Å². The van der Waals surface area contributed by atoms with E-state index in [1.165, 1.54) is 25.7 Å². The third-order valence-corrected chi connectivity index (χ3v) is 10.5. The van der Waals surface area contributed by atoms with Gasteiger partial charge in [-0.25, -0.2) is 0 Å². The molecule has 0 saturated heterocycles. The first-order valence-corrected chi connectivity index (χ1v) is 25.7. The molecular weight excluding hydrogens is 806 g/mol. The van der Waals surface area contributed by atoms with E-state index in [1.54, 1.807) is 0 Å². The van der Waals surface area contributed by atoms with Gasteiger partial charge in [0.2, 0.25) is 0 Å². The molecule has 0 radical (unpaired) electrons. The molecule has 0 N–H and O–H groups in total. The zero-order chi connectivity index (χ0) is 46.2. The average molecular weight is 896 g/mol. The van der Waals surface area contributed by atoms with Crippen molar-refractivity contribution in [3.05, 3.63) is 122 Å². The van der Waals surface area contributed by atoms with Crippen molar-refractivity contribution in [3.63, 3.8) is 0 Å². The summed E-state index contributed by atoms with van der Waals surface area (Å²) >= 11 is 0. The molecule has 0 spiro atoms. The Kier molecular flexibility index (Phi) is 43.2. The van der Waals surface area contributed by atoms with Crippen LogP contribution in [0, 0.1) is 0 Å². The Morgan fingerprint density at radius 1 is 0.492 bits per heavy atom. The van der Waals surface area contributed by atoms with E-state index in [-0.39, 0.29) is 32.2 Å². The minimum atomic E-state index is -4.56. The van der Waals surface area contributed by atoms with Crippen molar-refractivity contribution in [2.75, 3.05) is 54.1 Å². The highest BCUT2D eigenvalue weighted by molar-refractivity contribution is 7.45. The van der Waals surface area contributed by atoms with Crippen molar-refractivity contribution >= 4 is 13.8 Å². The molecule has 63 heavy (non-hydrogen) atoms. The van der Waals surface area contributed by atoms with Crippen LogP contribution in [0.15, 0.2) is 122 Å². The first-order chi connectivity index (χ1) is 30.6. The number of rotatable bonds is 43. The molecule has 0 heterocycles. The maximum Gasteiger partial charge on any atom is 0.306 e. The Labute approximate surface area is 386 Å². The number of likely N-dealkylation sites (N-methyl/N-ethyl adjacent to an activating group) is 1. The summed E-state index contributed by atoms with van der Waals surface area (Å²) in [5, 5.41) is 0. The molecule has 358 valence electrons. The van der Waals surface area contributed by atoms with E-state index in [0.717, 1.165) is 103 Å². The van der Waals surface area contributed by atoms with Gasteiger partial charge in [-0.05, 0) is 103 Å². The number of unbranched alkanes of at least 4 members (excludes halogenated alkanes) is 9. The minimum absolute atomic E-state index is 0.00723. The van der Waals surface area contributed by atoms with Gasteiger partial charge in [0.05, 0.1) is 34.4 Å². The molecule has 8 nitrogen and oxygen atoms in total. The van der Waals surface area contributed by atoms with Crippen LogP contribution in [0.5, 0.6) is 0 Å². The topological polar surface area (TPSA) is 94.1 Å². The first-order valence-electron chi connectivity index (χ1n) is 24.3. The fraction of sp³-hybridized carbons (Fsp3) is 0.611. The molecule has 0 rings (SSSR count). The second-order valence-electron chi connectivity index (χ2n) is 16.7. The van der Waals surface area contributed by atoms with Crippen LogP contribution in [-0.4, -0.2) is 70.7 Å². The lowest BCUT2D eigenvalue weighted by atomic mass is 10.1. The molecule has 0 amide bonds. The lowest BCUT2D eigenvalue weighted by molar-refractivity contribution is -0.870. The summed E-state index contributed by atoms with van der Waals surface area (Å²) in [7, 11) is 1.30. The normalized spacial score (nSPS) is 14.7. The molecule has 2 unspecified atom stereocenters. The van der Waals surface area contributed by atoms with Gasteiger partial charge in [0.25, 0.3) is 7.82 Å². The Morgan fingerprint density at radius 3 is 1.30 bits per heavy atom. The molecule has 2 atom stereocenters. The number of nitrogens with zero attached hydrogens (tertiary/aromatic N) is 1. The van der Waals surface area contributed by atoms with Crippen molar-refractivity contribution in [3.8, 4) is 0 Å². The van der Waals surface area contributed by atoms with E-state index in [4.69, 9.17) is 18.5 Å². The summed E-state index contributed by atoms with van der Waals surface area (Å²) in [6.07, 6.45) is 65.1. The molecule has 0 aliphatic heterocycles. The fourth-order valence-corrected chi connectivity index (χ4v) is 6.56. The second kappa shape index (κ2) is 45.5. The van der Waals surface area contributed by atoms with E-state index in [0.29, 0.717) is 24.1 Å². The van der Waals surface area contributed by atoms with E-state index < -0.39 is 13.9 Å². The number of carbonyl (C=O) groups excluding carboxylic acids is 1. The Hall–Kier alpha value is -3.10. The largest absolute Gasteiger partial charge is 0.756 e. The number of hydrogen-bond donors (Lipinski definition) is 0. The number of carbonyl (C=O) groups is 1. The first kappa shape index (κ1) is 59.9. The molecular formula is C54H90NO7P. The zero-order valence-corrected chi connectivity index (χ0v) is 41.4. The van der Waals surface area contributed by atoms with Crippen LogP contribution in [0.25, 0.3) is 0 Å². The second-order valence-corrected chi connectivity index (χ2v) is 18.1. The lowest BCUT2D eigenvalue weighted by Crippen LogP contribution is -2.37. The predicted octanol–water partition coefficient (Wildman–Crippen LogP) is 14.3. The zero-order valence-electron chi connectivity index (χ0n) is 40.5. The van der Waals surface area contributed by atoms with Gasteiger partial charge >= 0.3 is 5.97 Å². The summed E-state index contributed by atoms with van der Waals surface area (Å²) in [4.78, 5) is 25.1. The summed E-state index contributed by atoms with van der Waals surface area (Å²) in [6.45, 7) is 5.06. The van der Waals surface area contributed by atoms with Gasteiger partial charge in [0.1, 0.15) is 19.3 Å². The van der Waals surface area contributed by atoms with Gasteiger partial charge in [-0.2, -0.15) is 0 Å². The van der Waals surface area contributed by atoms with Crippen molar-refractivity contribution in [1.29, 1.82) is 0 Å². The number of ether oxygens (including phenoxy) is 2. The summed E-state index contributed by atoms with van der Waals surface area (Å²) < 4.78 is 34.6. The Bertz CT molecular complexity index is 1410. The van der Waals surface area contributed by atoms with Gasteiger partial charge in [0.15, 0.2) is 0 Å². The van der Waals surface area contributed by atoms with E-state index in [1.807, 2.05) is 21.1 Å². The van der Waals surface area contributed by atoms with Crippen molar-refractivity contribution in [1.82, 2.24) is 0 Å². The highest BCUT2D eigenvalue weighted by atomic mass is 31.2. The smallest absolute Gasteiger partial charge is 0.306 e. The Balaban J connectivity index is 4.33. The molecule has 0 aromatic carbocycles. The van der Waals surface area contributed by atoms with Crippen LogP contribution in [-0.2, 0) is 27.9 Å². The maximum absolute atomic E-state index is 12.7. The predicted molar refractivity (Wildman–Crippen MR) is 267 cm³/mol. The number of quaternary nitrogens is 1. The Morgan fingerprint density at radius 2 is 0.873 bits per heavy atom. The van der Waals surface area contributed by atoms with Gasteiger partial charge in [-0.15, -0.1) is 0 Å². The number of esters is 1. The SMILES string of the molecule is CC/C=C\C/C=C\C/C=C\C/C=C\C/C=C\C/C=C\CCCCC(=O)OC(COCCCCCCCCC/C=C\C/C=C\C/C=C\C/C=C\CC)COP(=O)([O-])OCC[N+](C)(C)C. The van der Waals surface area contributed by atoms with E-state index in [9.17, 15) is 14.3 Å². The highest BCUT2D eigenvalue weighted by Crippen LogP contribution is 2.38. The third-order valence-electron chi connectivity index (χ3n) is 9.51. The third kappa shape index (κ3) is 49.8. The van der Waals surface area contributed by atoms with Gasteiger partial charge in [-0.1, -0.05) is 167 Å². The number of phosphoric acid groups is 1. The summed E-state index contributed by atoms with van der Waals surface area (Å²) in [5.41, 5.74) is 0. The van der Waals surface area contributed by atoms with Gasteiger partial charge < -0.3 is 27.9 Å². The van der Waals surface area contributed by atoms with Crippen LogP contribution in [0.2, 0.25) is 0 Å². The number of phosphoric ester groups is 1. The monoisotopic (exact) mass is 896 g/mol. The fourth-order valence-electron chi connectivity index (χ4n) is 5.83. The maximum atomic E-state index is 12.7. The van der Waals surface area contributed by atoms with Crippen molar-refractivity contribution in [2.24, 2.45) is 0 Å². The number of allylic oxidation sites excluding steroid dienone is 20. The highest BCUT2D eigenvalue weighted by Gasteiger charge is 2.20. The van der Waals surface area contributed by atoms with Crippen molar-refractivity contribution in [2.45, 2.75) is 161 Å². The molecule has 9 heteroatoms. The molecule has 0 bridgehead atoms. The van der Waals surface area contributed by atoms with E-state index in [2.05, 4.69) is 135 Å². The molecule has 0 aliphatic rings. The molecule has 0 aromatic heterocycles. The van der Waals surface area contributed by atoms with Crippen LogP contribution in [0.3, 0.4) is 0 Å². The van der Waals surface area contributed by atoms with Crippen LogP contribution in [0.1, 0.15) is 155 Å². The molecule has 0 saturated carbocycles. The van der Waals surface area contributed by atoms with Gasteiger partial charge in [-0.3, -0.25) is 9.36 Å². The van der Waals surface area contributed by atoms with Crippen molar-refractivity contribution < 1.29 is 37.3 Å². The standard InChI is InChI=1S/C54H90NO7P/c1-6-8-10-12-14-16-18-20-22-24-26-28-29-31-33-35-37-39-41-43-45-47-54(56)62-53(52-61-63(57,58)60-50-48-55(3,4)5)51-59-49-46-44-42-40-38-36-34-32-30-27-25-23-21-19-17-15-13-11-9-7-2/h8-11,14-17,20-23,26-28,30-31,33,37,39,53H,6-7,12-13,18-19,24-25,29,32,34-36,38,40-52H2,1-5H3/b10-8-,11-9-,16-14-,17-15-,22-20-,23-21-,28-26-,30-27-,33-31-,39-37-. The average Bonchev–Trinajstić information content (AvgIpc) is 3.24.